The van der Waals surface area contributed by atoms with Crippen LogP contribution in [-0.2, 0) is 22.6 Å². The molecule has 0 saturated heterocycles. The summed E-state index contributed by atoms with van der Waals surface area (Å²) >= 11 is 7.34. The van der Waals surface area contributed by atoms with Crippen LogP contribution in [-0.4, -0.2) is 13.4 Å². The first-order chi connectivity index (χ1) is 14.5. The van der Waals surface area contributed by atoms with Crippen molar-refractivity contribution < 1.29 is 21.6 Å². The number of pyridine rings is 1. The maximum Gasteiger partial charge on any atom is 0.416 e. The molecule has 0 spiro atoms. The maximum absolute atomic E-state index is 12.8. The van der Waals surface area contributed by atoms with Crippen LogP contribution in [0.5, 0.6) is 0 Å². The van der Waals surface area contributed by atoms with Gasteiger partial charge in [-0.2, -0.15) is 13.2 Å². The first-order valence-electron chi connectivity index (χ1n) is 9.13. The van der Waals surface area contributed by atoms with Gasteiger partial charge in [0.2, 0.25) is 0 Å². The lowest BCUT2D eigenvalue weighted by molar-refractivity contribution is -0.137. The summed E-state index contributed by atoms with van der Waals surface area (Å²) in [5, 5.41) is -0.524. The third-order valence-corrected chi connectivity index (χ3v) is 7.24. The zero-order valence-corrected chi connectivity index (χ0v) is 18.9. The van der Waals surface area contributed by atoms with Crippen LogP contribution in [0.2, 0.25) is 5.02 Å². The minimum atomic E-state index is -4.62. The van der Waals surface area contributed by atoms with E-state index in [1.807, 2.05) is 38.1 Å². The molecule has 0 fully saturated rings. The Hall–Kier alpha value is -2.23. The Morgan fingerprint density at radius 1 is 1.06 bits per heavy atom. The lowest BCUT2D eigenvalue weighted by atomic mass is 10.2. The number of hydrogen-bond donors (Lipinski definition) is 1. The summed E-state index contributed by atoms with van der Waals surface area (Å²) in [5.41, 5.74) is 0.800. The molecule has 2 aromatic carbocycles. The van der Waals surface area contributed by atoms with E-state index in [-0.39, 0.29) is 5.82 Å². The third-order valence-electron chi connectivity index (χ3n) is 4.30. The molecule has 3 rings (SSSR count). The predicted molar refractivity (Wildman–Crippen MR) is 116 cm³/mol. The summed E-state index contributed by atoms with van der Waals surface area (Å²) in [7, 11) is -4.23. The van der Waals surface area contributed by atoms with Crippen LogP contribution >= 0.6 is 23.4 Å². The van der Waals surface area contributed by atoms with Gasteiger partial charge in [-0.1, -0.05) is 48.0 Å². The quantitative estimate of drug-likeness (QED) is 0.427. The molecule has 0 unspecified atom stereocenters. The summed E-state index contributed by atoms with van der Waals surface area (Å²) in [6.07, 6.45) is -4.06. The van der Waals surface area contributed by atoms with Gasteiger partial charge in [0, 0.05) is 9.79 Å². The van der Waals surface area contributed by atoms with Gasteiger partial charge in [0.05, 0.1) is 16.3 Å². The molecule has 1 aromatic heterocycles. The Bertz CT molecular complexity index is 1200. The molecule has 0 bridgehead atoms. The van der Waals surface area contributed by atoms with Gasteiger partial charge in [0.25, 0.3) is 10.0 Å². The highest BCUT2D eigenvalue weighted by Gasteiger charge is 2.32. The van der Waals surface area contributed by atoms with Crippen molar-refractivity contribution in [1.29, 1.82) is 0 Å². The van der Waals surface area contributed by atoms with Crippen LogP contribution in [0.4, 0.5) is 19.0 Å². The lowest BCUT2D eigenvalue weighted by Crippen LogP contribution is -2.16. The van der Waals surface area contributed by atoms with E-state index in [9.17, 15) is 21.6 Å². The molecule has 0 aliphatic heterocycles. The molecule has 0 aliphatic rings. The van der Waals surface area contributed by atoms with Crippen molar-refractivity contribution in [3.8, 4) is 0 Å². The van der Waals surface area contributed by atoms with E-state index in [0.717, 1.165) is 21.4 Å². The molecule has 0 radical (unpaired) electrons. The molecule has 0 amide bonds. The molecular weight excluding hydrogens is 469 g/mol. The minimum absolute atomic E-state index is 0.0565. The Balaban J connectivity index is 1.85. The number of halogens is 4. The van der Waals surface area contributed by atoms with Gasteiger partial charge >= 0.3 is 6.18 Å². The van der Waals surface area contributed by atoms with E-state index in [1.54, 1.807) is 6.07 Å². The van der Waals surface area contributed by atoms with Gasteiger partial charge in [-0.25, -0.2) is 13.4 Å². The Morgan fingerprint density at radius 2 is 1.74 bits per heavy atom. The van der Waals surface area contributed by atoms with Crippen LogP contribution < -0.4 is 4.72 Å². The van der Waals surface area contributed by atoms with Crippen LogP contribution in [0.25, 0.3) is 0 Å². The number of nitrogens with one attached hydrogen (secondary N) is 1. The van der Waals surface area contributed by atoms with E-state index >= 15 is 0 Å². The predicted octanol–water partition coefficient (Wildman–Crippen LogP) is 6.58. The fourth-order valence-corrected chi connectivity index (χ4v) is 5.23. The highest BCUT2D eigenvalue weighted by atomic mass is 35.5. The summed E-state index contributed by atoms with van der Waals surface area (Å²) in [5.74, 6) is 0.0565. The largest absolute Gasteiger partial charge is 0.416 e. The molecule has 1 N–H and O–H groups in total. The van der Waals surface area contributed by atoms with Crippen LogP contribution in [0.1, 0.15) is 23.7 Å². The molecule has 0 aliphatic carbocycles. The van der Waals surface area contributed by atoms with E-state index < -0.39 is 31.7 Å². The van der Waals surface area contributed by atoms with Crippen molar-refractivity contribution in [3.05, 3.63) is 76.4 Å². The second-order valence-corrected chi connectivity index (χ2v) is 9.83. The second-order valence-electron chi connectivity index (χ2n) is 6.66. The maximum atomic E-state index is 12.8. The summed E-state index contributed by atoms with van der Waals surface area (Å²) in [6.45, 7) is 3.89. The van der Waals surface area contributed by atoms with Gasteiger partial charge in [-0.15, -0.1) is 0 Å². The molecular formula is C21H18ClF3N2O2S2. The van der Waals surface area contributed by atoms with Crippen molar-refractivity contribution in [2.24, 2.45) is 0 Å². The average Bonchev–Trinajstić information content (AvgIpc) is 2.69. The molecule has 10 heteroatoms. The molecule has 3 aromatic rings. The topological polar surface area (TPSA) is 59.1 Å². The minimum Gasteiger partial charge on any atom is -0.263 e. The highest BCUT2D eigenvalue weighted by Crippen LogP contribution is 2.34. The number of aryl methyl sites for hydroxylation is 2. The fraction of sp³-hybridized carbons (Fsp3) is 0.190. The molecule has 4 nitrogen and oxygen atoms in total. The number of rotatable bonds is 6. The SMILES string of the molecule is CCc1nc(NS(=O)(=O)c2ccc(C(F)(F)F)cc2Cl)ccc1Sc1ccc(C)cc1. The van der Waals surface area contributed by atoms with Gasteiger partial charge < -0.3 is 0 Å². The summed E-state index contributed by atoms with van der Waals surface area (Å²) in [6, 6.07) is 13.3. The van der Waals surface area contributed by atoms with E-state index in [1.165, 1.54) is 17.8 Å². The van der Waals surface area contributed by atoms with E-state index in [2.05, 4.69) is 9.71 Å². The summed E-state index contributed by atoms with van der Waals surface area (Å²) in [4.78, 5) is 5.81. The fourth-order valence-electron chi connectivity index (χ4n) is 2.71. The average molecular weight is 487 g/mol. The highest BCUT2D eigenvalue weighted by molar-refractivity contribution is 7.99. The molecule has 0 atom stereocenters. The van der Waals surface area contributed by atoms with E-state index in [0.29, 0.717) is 24.2 Å². The van der Waals surface area contributed by atoms with Gasteiger partial charge in [-0.05, 0) is 55.8 Å². The number of hydrogen-bond acceptors (Lipinski definition) is 4. The Labute approximate surface area is 187 Å². The molecule has 1 heterocycles. The van der Waals surface area contributed by atoms with Gasteiger partial charge in [0.15, 0.2) is 0 Å². The van der Waals surface area contributed by atoms with Crippen LogP contribution in [0.3, 0.4) is 0 Å². The smallest absolute Gasteiger partial charge is 0.263 e. The van der Waals surface area contributed by atoms with Crippen molar-refractivity contribution in [3.63, 3.8) is 0 Å². The molecule has 0 saturated carbocycles. The standard InChI is InChI=1S/C21H18ClF3N2O2S2/c1-3-17-18(30-15-7-4-13(2)5-8-15)9-11-20(26-17)27-31(28,29)19-10-6-14(12-16(19)22)21(23,24)25/h4-12H,3H2,1-2H3,(H,26,27). The van der Waals surface area contributed by atoms with E-state index in [4.69, 9.17) is 11.6 Å². The van der Waals surface area contributed by atoms with Gasteiger partial charge in [0.1, 0.15) is 10.7 Å². The zero-order valence-electron chi connectivity index (χ0n) is 16.5. The Morgan fingerprint density at radius 3 is 2.32 bits per heavy atom. The molecule has 31 heavy (non-hydrogen) atoms. The van der Waals surface area contributed by atoms with Crippen molar-refractivity contribution in [1.82, 2.24) is 4.98 Å². The second kappa shape index (κ2) is 9.10. The third kappa shape index (κ3) is 5.72. The normalized spacial score (nSPS) is 12.1. The number of sulfonamides is 1. The van der Waals surface area contributed by atoms with Crippen molar-refractivity contribution in [2.45, 2.75) is 41.1 Å². The van der Waals surface area contributed by atoms with Crippen molar-refractivity contribution in [2.75, 3.05) is 4.72 Å². The van der Waals surface area contributed by atoms with Crippen molar-refractivity contribution >= 4 is 39.2 Å². The first-order valence-corrected chi connectivity index (χ1v) is 11.8. The number of anilines is 1. The first kappa shape index (κ1) is 23.4. The number of alkyl halides is 3. The number of aromatic nitrogens is 1. The number of nitrogens with zero attached hydrogens (tertiary/aromatic N) is 1. The van der Waals surface area contributed by atoms with Gasteiger partial charge in [-0.3, -0.25) is 4.72 Å². The monoisotopic (exact) mass is 486 g/mol. The lowest BCUT2D eigenvalue weighted by Gasteiger charge is -2.13. The van der Waals surface area contributed by atoms with Crippen LogP contribution in [0, 0.1) is 6.92 Å². The molecule has 164 valence electrons. The Kier molecular flexibility index (Phi) is 6.88. The summed E-state index contributed by atoms with van der Waals surface area (Å²) < 4.78 is 66.0. The van der Waals surface area contributed by atoms with Crippen LogP contribution in [0.15, 0.2) is 69.3 Å². The number of benzene rings is 2. The zero-order chi connectivity index (χ0) is 22.8.